The second kappa shape index (κ2) is 10.1. The summed E-state index contributed by atoms with van der Waals surface area (Å²) in [4.78, 5) is 0. The standard InChI is InChI=1S/C23H33IO3Si/c1-16(2)28(17(3)4,18(5)6)27-21-10-8-20(9-11-21)26-23-12-7-19(13-14-25)15-22(23)24/h7-12,15-18,25H,13-14H2,1-6H3. The van der Waals surface area contributed by atoms with Crippen LogP contribution in [0.2, 0.25) is 16.6 Å². The molecule has 2 rings (SSSR count). The highest BCUT2D eigenvalue weighted by Gasteiger charge is 2.46. The number of hydrogen-bond acceptors (Lipinski definition) is 3. The van der Waals surface area contributed by atoms with Gasteiger partial charge in [-0.3, -0.25) is 0 Å². The number of aliphatic hydroxyl groups excluding tert-OH is 1. The third kappa shape index (κ3) is 5.30. The molecule has 0 unspecified atom stereocenters. The molecule has 5 heteroatoms. The Balaban J connectivity index is 2.17. The lowest BCUT2D eigenvalue weighted by atomic mass is 10.1. The maximum Gasteiger partial charge on any atom is 0.258 e. The van der Waals surface area contributed by atoms with Crippen molar-refractivity contribution < 1.29 is 14.3 Å². The van der Waals surface area contributed by atoms with Gasteiger partial charge in [0.1, 0.15) is 17.2 Å². The summed E-state index contributed by atoms with van der Waals surface area (Å²) in [7, 11) is -1.95. The fraction of sp³-hybridized carbons (Fsp3) is 0.478. The van der Waals surface area contributed by atoms with Crippen LogP contribution in [0.1, 0.15) is 47.1 Å². The molecule has 0 aliphatic rings. The summed E-state index contributed by atoms with van der Waals surface area (Å²) in [6.45, 7) is 13.9. The van der Waals surface area contributed by atoms with E-state index in [1.165, 1.54) is 0 Å². The minimum atomic E-state index is -1.95. The van der Waals surface area contributed by atoms with Crippen LogP contribution in [0.5, 0.6) is 17.2 Å². The van der Waals surface area contributed by atoms with Gasteiger partial charge in [-0.1, -0.05) is 47.6 Å². The van der Waals surface area contributed by atoms with Crippen LogP contribution < -0.4 is 9.16 Å². The van der Waals surface area contributed by atoms with E-state index in [0.29, 0.717) is 23.0 Å². The largest absolute Gasteiger partial charge is 0.543 e. The van der Waals surface area contributed by atoms with Gasteiger partial charge in [0.2, 0.25) is 0 Å². The summed E-state index contributed by atoms with van der Waals surface area (Å²) in [5, 5.41) is 9.08. The molecule has 0 saturated heterocycles. The molecule has 0 aliphatic heterocycles. The van der Waals surface area contributed by atoms with Gasteiger partial charge in [0.25, 0.3) is 8.32 Å². The van der Waals surface area contributed by atoms with Crippen LogP contribution in [0, 0.1) is 3.57 Å². The van der Waals surface area contributed by atoms with E-state index in [9.17, 15) is 0 Å². The molecule has 0 amide bonds. The third-order valence-corrected chi connectivity index (χ3v) is 12.3. The minimum Gasteiger partial charge on any atom is -0.543 e. The maximum absolute atomic E-state index is 9.08. The average Bonchev–Trinajstić information content (AvgIpc) is 2.62. The van der Waals surface area contributed by atoms with Crippen molar-refractivity contribution in [1.29, 1.82) is 0 Å². The van der Waals surface area contributed by atoms with E-state index in [-0.39, 0.29) is 6.61 Å². The molecule has 0 heterocycles. The van der Waals surface area contributed by atoms with Crippen LogP contribution in [-0.2, 0) is 6.42 Å². The van der Waals surface area contributed by atoms with E-state index in [1.54, 1.807) is 0 Å². The summed E-state index contributed by atoms with van der Waals surface area (Å²) in [6.07, 6.45) is 0.662. The van der Waals surface area contributed by atoms with Gasteiger partial charge in [-0.25, -0.2) is 0 Å². The highest BCUT2D eigenvalue weighted by Crippen LogP contribution is 2.43. The van der Waals surface area contributed by atoms with E-state index in [0.717, 1.165) is 26.4 Å². The van der Waals surface area contributed by atoms with Gasteiger partial charge in [-0.2, -0.15) is 0 Å². The van der Waals surface area contributed by atoms with Crippen LogP contribution in [0.15, 0.2) is 42.5 Å². The quantitative estimate of drug-likeness (QED) is 0.286. The first-order valence-corrected chi connectivity index (χ1v) is 13.3. The smallest absolute Gasteiger partial charge is 0.258 e. The summed E-state index contributed by atoms with van der Waals surface area (Å²) >= 11 is 2.27. The van der Waals surface area contributed by atoms with Gasteiger partial charge >= 0.3 is 0 Å². The summed E-state index contributed by atoms with van der Waals surface area (Å²) in [6, 6.07) is 14.0. The zero-order valence-electron chi connectivity index (χ0n) is 17.8. The normalized spacial score (nSPS) is 12.1. The maximum atomic E-state index is 9.08. The molecule has 2 aromatic carbocycles. The molecule has 1 N–H and O–H groups in total. The molecule has 0 spiro atoms. The van der Waals surface area contributed by atoms with Crippen LogP contribution in [0.4, 0.5) is 0 Å². The van der Waals surface area contributed by atoms with Gasteiger partial charge in [0.05, 0.1) is 3.57 Å². The fourth-order valence-electron chi connectivity index (χ4n) is 4.17. The van der Waals surface area contributed by atoms with Crippen molar-refractivity contribution in [3.05, 3.63) is 51.6 Å². The topological polar surface area (TPSA) is 38.7 Å². The number of ether oxygens (including phenoxy) is 1. The third-order valence-electron chi connectivity index (χ3n) is 5.45. The van der Waals surface area contributed by atoms with E-state index in [4.69, 9.17) is 14.3 Å². The van der Waals surface area contributed by atoms with Gasteiger partial charge in [0, 0.05) is 6.61 Å². The predicted octanol–water partition coefficient (Wildman–Crippen LogP) is 7.17. The van der Waals surface area contributed by atoms with E-state index in [1.807, 2.05) is 36.4 Å². The summed E-state index contributed by atoms with van der Waals surface area (Å²) in [5.41, 5.74) is 2.74. The van der Waals surface area contributed by atoms with Crippen molar-refractivity contribution in [1.82, 2.24) is 0 Å². The Bertz CT molecular complexity index is 735. The monoisotopic (exact) mass is 512 g/mol. The number of aliphatic hydroxyl groups is 1. The number of rotatable bonds is 9. The zero-order chi connectivity index (χ0) is 20.9. The first-order chi connectivity index (χ1) is 13.2. The molecule has 3 nitrogen and oxygen atoms in total. The van der Waals surface area contributed by atoms with Gasteiger partial charge in [-0.05, 0) is 87.6 Å². The summed E-state index contributed by atoms with van der Waals surface area (Å²) < 4.78 is 13.8. The molecular weight excluding hydrogens is 479 g/mol. The second-order valence-electron chi connectivity index (χ2n) is 8.23. The Kier molecular flexibility index (Phi) is 8.39. The number of benzene rings is 2. The molecule has 154 valence electrons. The Labute approximate surface area is 184 Å². The Morgan fingerprint density at radius 2 is 1.39 bits per heavy atom. The molecular formula is C23H33IO3Si. The molecule has 28 heavy (non-hydrogen) atoms. The van der Waals surface area contributed by atoms with Gasteiger partial charge < -0.3 is 14.3 Å². The Morgan fingerprint density at radius 1 is 0.857 bits per heavy atom. The van der Waals surface area contributed by atoms with Crippen molar-refractivity contribution in [2.45, 2.75) is 64.6 Å². The SMILES string of the molecule is CC(C)[Si](Oc1ccc(Oc2ccc(CCO)cc2I)cc1)(C(C)C)C(C)C. The van der Waals surface area contributed by atoms with Crippen molar-refractivity contribution in [3.8, 4) is 17.2 Å². The fourth-order valence-corrected chi connectivity index (χ4v) is 10.1. The van der Waals surface area contributed by atoms with Crippen molar-refractivity contribution in [2.24, 2.45) is 0 Å². The van der Waals surface area contributed by atoms with Crippen LogP contribution >= 0.6 is 22.6 Å². The predicted molar refractivity (Wildman–Crippen MR) is 128 cm³/mol. The van der Waals surface area contributed by atoms with Gasteiger partial charge in [-0.15, -0.1) is 0 Å². The summed E-state index contributed by atoms with van der Waals surface area (Å²) in [5.74, 6) is 2.56. The molecule has 0 fully saturated rings. The highest BCUT2D eigenvalue weighted by molar-refractivity contribution is 14.1. The molecule has 0 bridgehead atoms. The van der Waals surface area contributed by atoms with E-state index in [2.05, 4.69) is 70.2 Å². The molecule has 0 aromatic heterocycles. The Hall–Kier alpha value is -1.05. The molecule has 0 aliphatic carbocycles. The first kappa shape index (κ1) is 23.2. The lowest BCUT2D eigenvalue weighted by Crippen LogP contribution is -2.50. The highest BCUT2D eigenvalue weighted by atomic mass is 127. The van der Waals surface area contributed by atoms with Crippen LogP contribution in [0.3, 0.4) is 0 Å². The Morgan fingerprint density at radius 3 is 1.86 bits per heavy atom. The first-order valence-electron chi connectivity index (χ1n) is 10.1. The lowest BCUT2D eigenvalue weighted by Gasteiger charge is -2.42. The molecule has 2 aromatic rings. The number of hydrogen-bond donors (Lipinski definition) is 1. The zero-order valence-corrected chi connectivity index (χ0v) is 21.0. The van der Waals surface area contributed by atoms with Gasteiger partial charge in [0.15, 0.2) is 0 Å². The van der Waals surface area contributed by atoms with E-state index < -0.39 is 8.32 Å². The van der Waals surface area contributed by atoms with E-state index >= 15 is 0 Å². The molecule has 0 atom stereocenters. The van der Waals surface area contributed by atoms with Crippen molar-refractivity contribution in [3.63, 3.8) is 0 Å². The number of halogens is 1. The lowest BCUT2D eigenvalue weighted by molar-refractivity contribution is 0.299. The minimum absolute atomic E-state index is 0.158. The second-order valence-corrected chi connectivity index (χ2v) is 14.8. The molecule has 0 radical (unpaired) electrons. The van der Waals surface area contributed by atoms with Crippen LogP contribution in [-0.4, -0.2) is 20.0 Å². The van der Waals surface area contributed by atoms with Crippen molar-refractivity contribution >= 4 is 30.9 Å². The van der Waals surface area contributed by atoms with Crippen molar-refractivity contribution in [2.75, 3.05) is 6.61 Å². The average molecular weight is 513 g/mol. The molecule has 0 saturated carbocycles. The van der Waals surface area contributed by atoms with Crippen LogP contribution in [0.25, 0.3) is 0 Å².